The van der Waals surface area contributed by atoms with Crippen LogP contribution in [0.15, 0.2) is 0 Å². The molecule has 0 radical (unpaired) electrons. The van der Waals surface area contributed by atoms with Crippen LogP contribution in [0.5, 0.6) is 0 Å². The van der Waals surface area contributed by atoms with E-state index in [1.807, 2.05) is 6.92 Å². The first-order valence-electron chi connectivity index (χ1n) is 6.33. The maximum absolute atomic E-state index is 11.5. The van der Waals surface area contributed by atoms with E-state index in [-0.39, 0.29) is 11.8 Å². The van der Waals surface area contributed by atoms with Crippen LogP contribution in [0.4, 0.5) is 0 Å². The highest BCUT2D eigenvalue weighted by molar-refractivity contribution is 5.78. The zero-order valence-corrected chi connectivity index (χ0v) is 10.2. The Hall–Kier alpha value is -0.610. The highest BCUT2D eigenvalue weighted by Crippen LogP contribution is 2.28. The van der Waals surface area contributed by atoms with Gasteiger partial charge in [-0.2, -0.15) is 0 Å². The fraction of sp³-hybridized carbons (Fsp3) is 0.917. The standard InChI is InChI=1S/C12H24N2O2/c1-2-11(8-13)12(15)14-6-3-7-16-9-10-4-5-10/h10-11H,2-9,13H2,1H3,(H,14,15). The van der Waals surface area contributed by atoms with Crippen LogP contribution in [0.25, 0.3) is 0 Å². The van der Waals surface area contributed by atoms with Gasteiger partial charge in [0.1, 0.15) is 0 Å². The highest BCUT2D eigenvalue weighted by atomic mass is 16.5. The van der Waals surface area contributed by atoms with Crippen LogP contribution >= 0.6 is 0 Å². The smallest absolute Gasteiger partial charge is 0.224 e. The van der Waals surface area contributed by atoms with E-state index in [0.29, 0.717) is 13.1 Å². The predicted molar refractivity (Wildman–Crippen MR) is 64.0 cm³/mol. The quantitative estimate of drug-likeness (QED) is 0.576. The van der Waals surface area contributed by atoms with Gasteiger partial charge in [0.25, 0.3) is 0 Å². The van der Waals surface area contributed by atoms with Crippen molar-refractivity contribution in [3.8, 4) is 0 Å². The molecule has 1 fully saturated rings. The van der Waals surface area contributed by atoms with E-state index in [2.05, 4.69) is 5.32 Å². The number of rotatable bonds is 9. The largest absolute Gasteiger partial charge is 0.381 e. The molecular weight excluding hydrogens is 204 g/mol. The van der Waals surface area contributed by atoms with E-state index in [1.54, 1.807) is 0 Å². The Morgan fingerprint density at radius 3 is 2.88 bits per heavy atom. The van der Waals surface area contributed by atoms with Crippen LogP contribution in [-0.2, 0) is 9.53 Å². The molecule has 0 saturated heterocycles. The Bertz CT molecular complexity index is 201. The molecule has 0 aromatic carbocycles. The first-order chi connectivity index (χ1) is 7.77. The van der Waals surface area contributed by atoms with Crippen LogP contribution < -0.4 is 11.1 Å². The summed E-state index contributed by atoms with van der Waals surface area (Å²) in [7, 11) is 0. The lowest BCUT2D eigenvalue weighted by Gasteiger charge is -2.12. The average Bonchev–Trinajstić information content (AvgIpc) is 3.09. The van der Waals surface area contributed by atoms with Gasteiger partial charge in [0.05, 0.1) is 0 Å². The number of carbonyl (C=O) groups is 1. The lowest BCUT2D eigenvalue weighted by atomic mass is 10.1. The van der Waals surface area contributed by atoms with Gasteiger partial charge in [-0.3, -0.25) is 4.79 Å². The zero-order valence-electron chi connectivity index (χ0n) is 10.2. The number of ether oxygens (including phenoxy) is 1. The highest BCUT2D eigenvalue weighted by Gasteiger charge is 2.20. The van der Waals surface area contributed by atoms with E-state index in [4.69, 9.17) is 10.5 Å². The van der Waals surface area contributed by atoms with Crippen LogP contribution in [0.3, 0.4) is 0 Å². The average molecular weight is 228 g/mol. The van der Waals surface area contributed by atoms with Gasteiger partial charge < -0.3 is 15.8 Å². The van der Waals surface area contributed by atoms with Crippen molar-refractivity contribution in [3.63, 3.8) is 0 Å². The Labute approximate surface area is 97.9 Å². The van der Waals surface area contributed by atoms with Crippen molar-refractivity contribution in [3.05, 3.63) is 0 Å². The summed E-state index contributed by atoms with van der Waals surface area (Å²) in [5.74, 6) is 0.857. The minimum absolute atomic E-state index is 0.0348. The van der Waals surface area contributed by atoms with Crippen LogP contribution in [-0.4, -0.2) is 32.2 Å². The minimum Gasteiger partial charge on any atom is -0.381 e. The molecule has 1 aliphatic rings. The van der Waals surface area contributed by atoms with Crippen molar-refractivity contribution in [2.45, 2.75) is 32.6 Å². The van der Waals surface area contributed by atoms with E-state index >= 15 is 0 Å². The summed E-state index contributed by atoms with van der Waals surface area (Å²) in [6.45, 7) is 4.75. The maximum Gasteiger partial charge on any atom is 0.224 e. The number of nitrogens with one attached hydrogen (secondary N) is 1. The molecule has 4 nitrogen and oxygen atoms in total. The second kappa shape index (κ2) is 7.63. The molecule has 0 aliphatic heterocycles. The molecule has 1 amide bonds. The first-order valence-corrected chi connectivity index (χ1v) is 6.33. The van der Waals surface area contributed by atoms with Gasteiger partial charge in [0.2, 0.25) is 5.91 Å². The molecule has 1 saturated carbocycles. The molecule has 1 rings (SSSR count). The Balaban J connectivity index is 1.90. The molecule has 1 aliphatic carbocycles. The molecule has 94 valence electrons. The number of nitrogens with two attached hydrogens (primary N) is 1. The van der Waals surface area contributed by atoms with E-state index in [9.17, 15) is 4.79 Å². The Morgan fingerprint density at radius 2 is 2.31 bits per heavy atom. The number of carbonyl (C=O) groups excluding carboxylic acids is 1. The maximum atomic E-state index is 11.5. The SMILES string of the molecule is CCC(CN)C(=O)NCCCOCC1CC1. The normalized spacial score (nSPS) is 17.1. The number of hydrogen-bond donors (Lipinski definition) is 2. The van der Waals surface area contributed by atoms with E-state index in [0.717, 1.165) is 32.0 Å². The van der Waals surface area contributed by atoms with Crippen molar-refractivity contribution in [2.24, 2.45) is 17.6 Å². The molecule has 0 aromatic rings. The fourth-order valence-electron chi connectivity index (χ4n) is 1.52. The van der Waals surface area contributed by atoms with Crippen LogP contribution in [0.2, 0.25) is 0 Å². The summed E-state index contributed by atoms with van der Waals surface area (Å²) >= 11 is 0. The lowest BCUT2D eigenvalue weighted by Crippen LogP contribution is -2.35. The molecule has 1 atom stereocenters. The third-order valence-electron chi connectivity index (χ3n) is 2.96. The Morgan fingerprint density at radius 1 is 1.56 bits per heavy atom. The third kappa shape index (κ3) is 5.47. The van der Waals surface area contributed by atoms with E-state index < -0.39 is 0 Å². The lowest BCUT2D eigenvalue weighted by molar-refractivity contribution is -0.124. The molecule has 16 heavy (non-hydrogen) atoms. The molecular formula is C12H24N2O2. The van der Waals surface area contributed by atoms with Crippen LogP contribution in [0.1, 0.15) is 32.6 Å². The van der Waals surface area contributed by atoms with Gasteiger partial charge in [-0.25, -0.2) is 0 Å². The van der Waals surface area contributed by atoms with E-state index in [1.165, 1.54) is 12.8 Å². The second-order valence-corrected chi connectivity index (χ2v) is 4.50. The zero-order chi connectivity index (χ0) is 11.8. The molecule has 3 N–H and O–H groups in total. The predicted octanol–water partition coefficient (Wildman–Crippen LogP) is 0.904. The summed E-state index contributed by atoms with van der Waals surface area (Å²) in [6.07, 6.45) is 4.34. The van der Waals surface area contributed by atoms with Gasteiger partial charge in [0.15, 0.2) is 0 Å². The molecule has 0 aromatic heterocycles. The van der Waals surface area contributed by atoms with Gasteiger partial charge in [-0.15, -0.1) is 0 Å². The topological polar surface area (TPSA) is 64.4 Å². The van der Waals surface area contributed by atoms with Crippen molar-refractivity contribution >= 4 is 5.91 Å². The summed E-state index contributed by atoms with van der Waals surface area (Å²) in [6, 6.07) is 0. The summed E-state index contributed by atoms with van der Waals surface area (Å²) in [4.78, 5) is 11.5. The number of hydrogen-bond acceptors (Lipinski definition) is 3. The third-order valence-corrected chi connectivity index (χ3v) is 2.96. The minimum atomic E-state index is -0.0348. The summed E-state index contributed by atoms with van der Waals surface area (Å²) < 4.78 is 5.48. The van der Waals surface area contributed by atoms with Gasteiger partial charge in [0, 0.05) is 32.2 Å². The second-order valence-electron chi connectivity index (χ2n) is 4.50. The first kappa shape index (κ1) is 13.5. The van der Waals surface area contributed by atoms with Gasteiger partial charge in [-0.05, 0) is 31.6 Å². The van der Waals surface area contributed by atoms with Gasteiger partial charge in [-0.1, -0.05) is 6.92 Å². The van der Waals surface area contributed by atoms with Crippen molar-refractivity contribution in [1.82, 2.24) is 5.32 Å². The fourth-order valence-corrected chi connectivity index (χ4v) is 1.52. The molecule has 0 spiro atoms. The van der Waals surface area contributed by atoms with Crippen molar-refractivity contribution < 1.29 is 9.53 Å². The Kier molecular flexibility index (Phi) is 6.42. The number of amides is 1. The summed E-state index contributed by atoms with van der Waals surface area (Å²) in [5.41, 5.74) is 5.49. The monoisotopic (exact) mass is 228 g/mol. The molecule has 0 bridgehead atoms. The van der Waals surface area contributed by atoms with Crippen LogP contribution in [0, 0.1) is 11.8 Å². The molecule has 1 unspecified atom stereocenters. The summed E-state index contributed by atoms with van der Waals surface area (Å²) in [5, 5.41) is 2.89. The van der Waals surface area contributed by atoms with Crippen molar-refractivity contribution in [1.29, 1.82) is 0 Å². The molecule has 4 heteroatoms. The van der Waals surface area contributed by atoms with Gasteiger partial charge >= 0.3 is 0 Å². The molecule has 0 heterocycles. The van der Waals surface area contributed by atoms with Crippen molar-refractivity contribution in [2.75, 3.05) is 26.3 Å².